The third kappa shape index (κ3) is 5.99. The molecule has 0 saturated heterocycles. The molecule has 0 radical (unpaired) electrons. The van der Waals surface area contributed by atoms with Gasteiger partial charge < -0.3 is 0 Å². The summed E-state index contributed by atoms with van der Waals surface area (Å²) in [6.07, 6.45) is 21.1. The van der Waals surface area contributed by atoms with E-state index in [1.165, 1.54) is 83.5 Å². The molecule has 10 atom stereocenters. The molecule has 0 heterocycles. The van der Waals surface area contributed by atoms with Gasteiger partial charge in [0.05, 0.1) is 0 Å². The fourth-order valence-electron chi connectivity index (χ4n) is 13.7. The second-order valence-electron chi connectivity index (χ2n) is 19.6. The minimum Gasteiger partial charge on any atom is -0.103 e. The highest BCUT2D eigenvalue weighted by Crippen LogP contribution is 2.69. The molecule has 5 aliphatic carbocycles. The second-order valence-corrected chi connectivity index (χ2v) is 23.9. The van der Waals surface area contributed by atoms with Crippen LogP contribution in [0.3, 0.4) is 0 Å². The molecule has 1 heteroatoms. The van der Waals surface area contributed by atoms with Crippen LogP contribution in [0.25, 0.3) is 0 Å². The number of benzene rings is 2. The lowest BCUT2D eigenvalue weighted by atomic mass is 9.62. The molecule has 0 aliphatic heterocycles. The van der Waals surface area contributed by atoms with E-state index >= 15 is 0 Å². The van der Waals surface area contributed by atoms with E-state index in [0.29, 0.717) is 10.8 Å². The van der Waals surface area contributed by atoms with Crippen molar-refractivity contribution in [3.8, 4) is 0 Å². The zero-order chi connectivity index (χ0) is 33.0. The third-order valence-corrected chi connectivity index (χ3v) is 22.1. The fraction of sp³-hybridized carbons (Fsp3) is 0.696. The first-order chi connectivity index (χ1) is 22.5. The van der Waals surface area contributed by atoms with Gasteiger partial charge in [0.1, 0.15) is 8.07 Å². The molecule has 7 rings (SSSR count). The van der Waals surface area contributed by atoms with Crippen molar-refractivity contribution in [1.29, 1.82) is 0 Å². The third-order valence-electron chi connectivity index (χ3n) is 15.7. The van der Waals surface area contributed by atoms with E-state index in [2.05, 4.69) is 115 Å². The highest BCUT2D eigenvalue weighted by atomic mass is 28.3. The lowest BCUT2D eigenvalue weighted by Gasteiger charge is -2.53. The average Bonchev–Trinajstić information content (AvgIpc) is 3.60. The first-order valence-electron chi connectivity index (χ1n) is 20.3. The van der Waals surface area contributed by atoms with Gasteiger partial charge in [0.25, 0.3) is 0 Å². The molecule has 0 nitrogen and oxygen atoms in total. The van der Waals surface area contributed by atoms with Crippen molar-refractivity contribution >= 4 is 18.4 Å². The molecule has 2 aromatic rings. The Morgan fingerprint density at radius 3 is 1.55 bits per heavy atom. The van der Waals surface area contributed by atoms with E-state index in [9.17, 15) is 0 Å². The monoisotopic (exact) mass is 649 g/mol. The molecule has 0 aromatic heterocycles. The Morgan fingerprint density at radius 1 is 0.596 bits per heavy atom. The SMILES string of the molecule is C=CCCC1CC([Si](c2ccccc2)(c2ccccc2)C2C3CC(C(C)(C)C)CCC3C3CCC(C(C)(C)C)CC32)C2CCCCC12. The van der Waals surface area contributed by atoms with Crippen LogP contribution in [0.4, 0.5) is 0 Å². The predicted molar refractivity (Wildman–Crippen MR) is 206 cm³/mol. The molecule has 2 aromatic carbocycles. The summed E-state index contributed by atoms with van der Waals surface area (Å²) in [6.45, 7) is 19.6. The maximum Gasteiger partial charge on any atom is 0.124 e. The molecule has 47 heavy (non-hydrogen) atoms. The van der Waals surface area contributed by atoms with E-state index in [-0.39, 0.29) is 0 Å². The molecular formula is C46H68Si. The van der Waals surface area contributed by atoms with Crippen molar-refractivity contribution in [1.82, 2.24) is 0 Å². The van der Waals surface area contributed by atoms with Gasteiger partial charge >= 0.3 is 0 Å². The van der Waals surface area contributed by atoms with Crippen LogP contribution in [-0.4, -0.2) is 8.07 Å². The maximum atomic E-state index is 4.20. The molecular weight excluding hydrogens is 581 g/mol. The van der Waals surface area contributed by atoms with Gasteiger partial charge in [-0.25, -0.2) is 0 Å². The summed E-state index contributed by atoms with van der Waals surface area (Å²) < 4.78 is 0. The molecule has 5 fully saturated rings. The summed E-state index contributed by atoms with van der Waals surface area (Å²) in [5.74, 6) is 8.12. The zero-order valence-electron chi connectivity index (χ0n) is 31.1. The van der Waals surface area contributed by atoms with Gasteiger partial charge in [0.2, 0.25) is 0 Å². The number of allylic oxidation sites excluding steroid dienone is 1. The molecule has 0 N–H and O–H groups in total. The van der Waals surface area contributed by atoms with Gasteiger partial charge in [-0.05, 0) is 139 Å². The van der Waals surface area contributed by atoms with Crippen LogP contribution in [0.1, 0.15) is 125 Å². The van der Waals surface area contributed by atoms with Gasteiger partial charge in [-0.15, -0.1) is 6.58 Å². The van der Waals surface area contributed by atoms with Gasteiger partial charge in [0, 0.05) is 0 Å². The summed E-state index contributed by atoms with van der Waals surface area (Å²) in [5.41, 5.74) is 2.53. The number of hydrogen-bond acceptors (Lipinski definition) is 0. The van der Waals surface area contributed by atoms with E-state index in [4.69, 9.17) is 0 Å². The first-order valence-corrected chi connectivity index (χ1v) is 22.4. The van der Waals surface area contributed by atoms with Crippen molar-refractivity contribution in [2.75, 3.05) is 0 Å². The minimum absolute atomic E-state index is 0.401. The van der Waals surface area contributed by atoms with Crippen molar-refractivity contribution < 1.29 is 0 Å². The maximum absolute atomic E-state index is 4.20. The molecule has 0 spiro atoms. The summed E-state index contributed by atoms with van der Waals surface area (Å²) in [5, 5.41) is 3.62. The lowest BCUT2D eigenvalue weighted by molar-refractivity contribution is 0.0722. The van der Waals surface area contributed by atoms with E-state index in [0.717, 1.165) is 64.3 Å². The topological polar surface area (TPSA) is 0 Å². The molecule has 0 bridgehead atoms. The van der Waals surface area contributed by atoms with Crippen LogP contribution in [-0.2, 0) is 0 Å². The Balaban J connectivity index is 1.47. The number of fused-ring (bicyclic) bond motifs is 4. The summed E-state index contributed by atoms with van der Waals surface area (Å²) in [4.78, 5) is 0. The minimum atomic E-state index is -2.29. The van der Waals surface area contributed by atoms with E-state index < -0.39 is 8.07 Å². The van der Waals surface area contributed by atoms with Crippen molar-refractivity contribution in [3.05, 3.63) is 73.3 Å². The number of rotatable bonds is 7. The Kier molecular flexibility index (Phi) is 9.56. The predicted octanol–water partition coefficient (Wildman–Crippen LogP) is 12.0. The van der Waals surface area contributed by atoms with Crippen LogP contribution in [0.5, 0.6) is 0 Å². The molecule has 5 aliphatic rings. The highest BCUT2D eigenvalue weighted by molar-refractivity contribution is 7.04. The smallest absolute Gasteiger partial charge is 0.103 e. The molecule has 256 valence electrons. The molecule has 5 saturated carbocycles. The Morgan fingerprint density at radius 2 is 1.09 bits per heavy atom. The van der Waals surface area contributed by atoms with Crippen molar-refractivity contribution in [2.45, 2.75) is 136 Å². The highest BCUT2D eigenvalue weighted by Gasteiger charge is 2.67. The summed E-state index contributed by atoms with van der Waals surface area (Å²) in [7, 11) is -2.29. The Labute approximate surface area is 291 Å². The van der Waals surface area contributed by atoms with Gasteiger partial charge in [0.15, 0.2) is 0 Å². The molecule has 0 amide bonds. The van der Waals surface area contributed by atoms with Gasteiger partial charge in [-0.3, -0.25) is 0 Å². The van der Waals surface area contributed by atoms with Crippen LogP contribution in [0.15, 0.2) is 73.3 Å². The number of hydrogen-bond donors (Lipinski definition) is 0. The summed E-state index contributed by atoms with van der Waals surface area (Å²) in [6, 6.07) is 25.0. The fourth-order valence-corrected chi connectivity index (χ4v) is 21.5. The lowest BCUT2D eigenvalue weighted by Crippen LogP contribution is -2.67. The second kappa shape index (κ2) is 13.3. The van der Waals surface area contributed by atoms with Gasteiger partial charge in [-0.1, -0.05) is 138 Å². The van der Waals surface area contributed by atoms with Crippen molar-refractivity contribution in [3.63, 3.8) is 0 Å². The standard InChI is InChI=1S/C46H68Si/c1-8-9-18-32-29-43(40-24-17-16-23-37(32)40)47(35-19-12-10-13-20-35,36-21-14-11-15-22-36)44-41-30-33(45(2,3)4)25-27-38(41)39-28-26-34(31-42(39)44)46(5,6)7/h8,10-15,19-22,32-34,37-44H,1,9,16-18,23-31H2,2-7H3. The summed E-state index contributed by atoms with van der Waals surface area (Å²) >= 11 is 0. The first kappa shape index (κ1) is 33.9. The van der Waals surface area contributed by atoms with Crippen molar-refractivity contribution in [2.24, 2.45) is 64.1 Å². The normalized spacial score (nSPS) is 37.5. The Hall–Kier alpha value is -1.60. The molecule has 10 unspecified atom stereocenters. The Bertz CT molecular complexity index is 1250. The van der Waals surface area contributed by atoms with E-state index in [1.807, 2.05) is 10.4 Å². The van der Waals surface area contributed by atoms with Gasteiger partial charge in [-0.2, -0.15) is 0 Å². The van der Waals surface area contributed by atoms with E-state index in [1.54, 1.807) is 0 Å². The van der Waals surface area contributed by atoms with Crippen LogP contribution >= 0.6 is 0 Å². The zero-order valence-corrected chi connectivity index (χ0v) is 32.1. The van der Waals surface area contributed by atoms with Crippen LogP contribution in [0.2, 0.25) is 11.1 Å². The average molecular weight is 649 g/mol. The largest absolute Gasteiger partial charge is 0.124 e. The quantitative estimate of drug-likeness (QED) is 0.207. The van der Waals surface area contributed by atoms with Crippen LogP contribution < -0.4 is 10.4 Å². The van der Waals surface area contributed by atoms with Crippen LogP contribution in [0, 0.1) is 64.1 Å².